The summed E-state index contributed by atoms with van der Waals surface area (Å²) in [6.45, 7) is 6.21. The van der Waals surface area contributed by atoms with E-state index in [0.717, 1.165) is 31.9 Å². The molecule has 0 atom stereocenters. The predicted octanol–water partition coefficient (Wildman–Crippen LogP) is 3.23. The van der Waals surface area contributed by atoms with Gasteiger partial charge in [0, 0.05) is 44.5 Å². The zero-order chi connectivity index (χ0) is 19.5. The van der Waals surface area contributed by atoms with Gasteiger partial charge in [-0.25, -0.2) is 0 Å². The Hall–Kier alpha value is -2.38. The minimum Gasteiger partial charge on any atom is -0.489 e. The number of nitrogens with zero attached hydrogens (tertiary/aromatic N) is 4. The van der Waals surface area contributed by atoms with E-state index >= 15 is 0 Å². The molecule has 1 N–H and O–H groups in total. The van der Waals surface area contributed by atoms with Crippen molar-refractivity contribution in [3.8, 4) is 5.75 Å². The molecule has 1 saturated heterocycles. The molecule has 0 unspecified atom stereocenters. The lowest BCUT2D eigenvalue weighted by Crippen LogP contribution is -2.51. The number of hydrogen-bond acceptors (Lipinski definition) is 5. The molecule has 0 spiro atoms. The number of aromatic nitrogens is 1. The minimum absolute atomic E-state index is 0.529. The summed E-state index contributed by atoms with van der Waals surface area (Å²) in [5.41, 5.74) is 7.06. The number of hydrogen-bond donors (Lipinski definition) is 1. The molecule has 2 aliphatic heterocycles. The maximum Gasteiger partial charge on any atom is 0.189 e. The van der Waals surface area contributed by atoms with Crippen molar-refractivity contribution in [1.82, 2.24) is 15.3 Å². The Labute approximate surface area is 175 Å². The molecule has 1 fully saturated rings. The molecule has 0 aliphatic carbocycles. The fraction of sp³-hybridized carbons (Fsp3) is 0.350. The number of piperazine rings is 1. The van der Waals surface area contributed by atoms with Crippen LogP contribution in [0, 0.1) is 6.92 Å². The Morgan fingerprint density at radius 2 is 2.07 bits per heavy atom. The van der Waals surface area contributed by atoms with Crippen LogP contribution in [0.5, 0.6) is 5.75 Å². The Kier molecular flexibility index (Phi) is 5.64. The lowest BCUT2D eigenvalue weighted by Gasteiger charge is -2.37. The number of pyridine rings is 1. The van der Waals surface area contributed by atoms with Gasteiger partial charge in [-0.1, -0.05) is 23.7 Å². The summed E-state index contributed by atoms with van der Waals surface area (Å²) in [7, 11) is 0. The lowest BCUT2D eigenvalue weighted by atomic mass is 10.1. The van der Waals surface area contributed by atoms with E-state index in [0.29, 0.717) is 34.6 Å². The summed E-state index contributed by atoms with van der Waals surface area (Å²) < 4.78 is 5.62. The molecule has 2 aromatic rings. The van der Waals surface area contributed by atoms with Crippen molar-refractivity contribution in [1.29, 1.82) is 0 Å². The molecule has 3 heterocycles. The summed E-state index contributed by atoms with van der Waals surface area (Å²) in [4.78, 5) is 8.90. The first kappa shape index (κ1) is 19.0. The Morgan fingerprint density at radius 3 is 2.86 bits per heavy atom. The number of ether oxygens (including phenoxy) is 1. The molecule has 4 rings (SSSR count). The maximum atomic E-state index is 6.19. The molecular weight excluding hydrogens is 394 g/mol. The number of thiocarbonyl (C=S) groups is 1. The largest absolute Gasteiger partial charge is 0.489 e. The zero-order valence-electron chi connectivity index (χ0n) is 15.7. The molecule has 1 aromatic carbocycles. The maximum absolute atomic E-state index is 6.19. The molecule has 2 aliphatic rings. The first-order chi connectivity index (χ1) is 13.6. The third-order valence-electron chi connectivity index (χ3n) is 4.94. The number of benzene rings is 1. The normalized spacial score (nSPS) is 17.9. The van der Waals surface area contributed by atoms with Crippen LogP contribution in [-0.4, -0.2) is 53.5 Å². The van der Waals surface area contributed by atoms with Gasteiger partial charge in [-0.3, -0.25) is 10.4 Å². The number of halogens is 1. The summed E-state index contributed by atoms with van der Waals surface area (Å²) >= 11 is 11.7. The standard InChI is InChI=1S/C20H22ClN5OS/c1-14-3-2-4-15(13-14)25-8-10-26(11-9-25)20(28)24-23-17-6-12-27-19-16(21)5-7-22-18(17)19/h2-5,7,13H,6,8-12H2,1H3,(H,24,28)/b23-17-. The second kappa shape index (κ2) is 8.32. The van der Waals surface area contributed by atoms with Crippen LogP contribution in [0.15, 0.2) is 41.6 Å². The first-order valence-corrected chi connectivity index (χ1v) is 10.1. The number of aryl methyl sites for hydroxylation is 1. The molecule has 0 amide bonds. The summed E-state index contributed by atoms with van der Waals surface area (Å²) in [6.07, 6.45) is 2.32. The number of nitrogens with one attached hydrogen (secondary N) is 1. The van der Waals surface area contributed by atoms with Crippen LogP contribution >= 0.6 is 23.8 Å². The third kappa shape index (κ3) is 4.05. The second-order valence-corrected chi connectivity index (χ2v) is 7.65. The lowest BCUT2D eigenvalue weighted by molar-refractivity contribution is 0.318. The van der Waals surface area contributed by atoms with E-state index in [1.807, 2.05) is 0 Å². The van der Waals surface area contributed by atoms with Crippen molar-refractivity contribution in [2.45, 2.75) is 13.3 Å². The van der Waals surface area contributed by atoms with E-state index in [-0.39, 0.29) is 0 Å². The zero-order valence-corrected chi connectivity index (χ0v) is 17.3. The molecular formula is C20H22ClN5OS. The Bertz CT molecular complexity index is 911. The van der Waals surface area contributed by atoms with Gasteiger partial charge in [0.2, 0.25) is 0 Å². The molecule has 28 heavy (non-hydrogen) atoms. The summed E-state index contributed by atoms with van der Waals surface area (Å²) in [5, 5.41) is 5.68. The van der Waals surface area contributed by atoms with E-state index in [4.69, 9.17) is 28.6 Å². The van der Waals surface area contributed by atoms with Crippen LogP contribution in [0.4, 0.5) is 5.69 Å². The van der Waals surface area contributed by atoms with E-state index in [2.05, 4.69) is 56.5 Å². The molecule has 0 bridgehead atoms. The topological polar surface area (TPSA) is 53.0 Å². The van der Waals surface area contributed by atoms with E-state index in [9.17, 15) is 0 Å². The molecule has 1 aromatic heterocycles. The fourth-order valence-electron chi connectivity index (χ4n) is 3.42. The highest BCUT2D eigenvalue weighted by Gasteiger charge is 2.22. The van der Waals surface area contributed by atoms with E-state index in [1.54, 1.807) is 12.3 Å². The van der Waals surface area contributed by atoms with Gasteiger partial charge in [0.15, 0.2) is 10.9 Å². The van der Waals surface area contributed by atoms with Crippen LogP contribution in [0.25, 0.3) is 0 Å². The molecule has 146 valence electrons. The van der Waals surface area contributed by atoms with Crippen LogP contribution in [0.1, 0.15) is 17.7 Å². The van der Waals surface area contributed by atoms with Gasteiger partial charge >= 0.3 is 0 Å². The Balaban J connectivity index is 1.37. The predicted molar refractivity (Wildman–Crippen MR) is 117 cm³/mol. The molecule has 0 radical (unpaired) electrons. The van der Waals surface area contributed by atoms with Crippen molar-refractivity contribution in [3.05, 3.63) is 52.8 Å². The molecule has 6 nitrogen and oxygen atoms in total. The van der Waals surface area contributed by atoms with Gasteiger partial charge < -0.3 is 14.5 Å². The average molecular weight is 416 g/mol. The van der Waals surface area contributed by atoms with Gasteiger partial charge in [0.1, 0.15) is 5.69 Å². The van der Waals surface area contributed by atoms with Crippen molar-refractivity contribution in [2.75, 3.05) is 37.7 Å². The highest BCUT2D eigenvalue weighted by atomic mass is 35.5. The van der Waals surface area contributed by atoms with Gasteiger partial charge in [-0.05, 0) is 42.9 Å². The number of anilines is 1. The van der Waals surface area contributed by atoms with E-state index in [1.165, 1.54) is 11.3 Å². The van der Waals surface area contributed by atoms with Crippen molar-refractivity contribution in [3.63, 3.8) is 0 Å². The van der Waals surface area contributed by atoms with Gasteiger partial charge in [0.05, 0.1) is 17.3 Å². The summed E-state index contributed by atoms with van der Waals surface area (Å²) in [6, 6.07) is 10.3. The quantitative estimate of drug-likeness (QED) is 0.600. The van der Waals surface area contributed by atoms with Crippen LogP contribution in [0.2, 0.25) is 5.02 Å². The summed E-state index contributed by atoms with van der Waals surface area (Å²) in [5.74, 6) is 0.591. The van der Waals surface area contributed by atoms with Gasteiger partial charge in [-0.2, -0.15) is 5.10 Å². The molecule has 0 saturated carbocycles. The first-order valence-electron chi connectivity index (χ1n) is 9.32. The van der Waals surface area contributed by atoms with Crippen LogP contribution < -0.4 is 15.1 Å². The smallest absolute Gasteiger partial charge is 0.189 e. The van der Waals surface area contributed by atoms with Gasteiger partial charge in [0.25, 0.3) is 0 Å². The minimum atomic E-state index is 0.529. The number of rotatable bonds is 2. The molecule has 8 heteroatoms. The Morgan fingerprint density at radius 1 is 1.25 bits per heavy atom. The monoisotopic (exact) mass is 415 g/mol. The van der Waals surface area contributed by atoms with Gasteiger partial charge in [-0.15, -0.1) is 0 Å². The highest BCUT2D eigenvalue weighted by molar-refractivity contribution is 7.80. The van der Waals surface area contributed by atoms with E-state index < -0.39 is 0 Å². The number of fused-ring (bicyclic) bond motifs is 1. The van der Waals surface area contributed by atoms with Crippen LogP contribution in [0.3, 0.4) is 0 Å². The third-order valence-corrected chi connectivity index (χ3v) is 5.58. The van der Waals surface area contributed by atoms with Crippen molar-refractivity contribution < 1.29 is 4.74 Å². The average Bonchev–Trinajstić information content (AvgIpc) is 2.72. The van der Waals surface area contributed by atoms with Crippen molar-refractivity contribution in [2.24, 2.45) is 5.10 Å². The SMILES string of the molecule is Cc1cccc(N2CCN(C(=S)N/N=C3/CCOc4c(Cl)ccnc43)CC2)c1. The fourth-order valence-corrected chi connectivity index (χ4v) is 3.85. The second-order valence-electron chi connectivity index (χ2n) is 6.86. The highest BCUT2D eigenvalue weighted by Crippen LogP contribution is 2.30. The van der Waals surface area contributed by atoms with Crippen LogP contribution in [-0.2, 0) is 0 Å². The number of hydrazone groups is 1. The van der Waals surface area contributed by atoms with Crippen molar-refractivity contribution >= 4 is 40.3 Å².